The minimum Gasteiger partial charge on any atom is -0.468 e. The van der Waals surface area contributed by atoms with Gasteiger partial charge in [-0.05, 0) is 46.2 Å². The van der Waals surface area contributed by atoms with Gasteiger partial charge in [0.15, 0.2) is 0 Å². The molecule has 4 heteroatoms. The van der Waals surface area contributed by atoms with E-state index in [9.17, 15) is 4.79 Å². The van der Waals surface area contributed by atoms with Gasteiger partial charge in [-0.3, -0.25) is 10.1 Å². The maximum absolute atomic E-state index is 11.5. The standard InChI is InChI=1S/C11H22N2O2/c1-11(2,10(14)15-3)13-9-5-4-7-12-8-6-9/h9,12-13H,4-8H2,1-3H3. The van der Waals surface area contributed by atoms with Crippen molar-refractivity contribution in [3.63, 3.8) is 0 Å². The minimum absolute atomic E-state index is 0.195. The molecule has 2 N–H and O–H groups in total. The van der Waals surface area contributed by atoms with Crippen molar-refractivity contribution in [2.45, 2.75) is 44.7 Å². The fraction of sp³-hybridized carbons (Fsp3) is 0.909. The lowest BCUT2D eigenvalue weighted by atomic mass is 10.0. The maximum atomic E-state index is 11.5. The average Bonchev–Trinajstić information content (AvgIpc) is 2.44. The summed E-state index contributed by atoms with van der Waals surface area (Å²) >= 11 is 0. The van der Waals surface area contributed by atoms with E-state index in [4.69, 9.17) is 4.74 Å². The van der Waals surface area contributed by atoms with Crippen LogP contribution in [0.4, 0.5) is 0 Å². The number of rotatable bonds is 3. The Morgan fingerprint density at radius 1 is 1.40 bits per heavy atom. The van der Waals surface area contributed by atoms with Crippen LogP contribution in [-0.4, -0.2) is 37.7 Å². The highest BCUT2D eigenvalue weighted by Crippen LogP contribution is 2.12. The first-order valence-electron chi connectivity index (χ1n) is 5.63. The van der Waals surface area contributed by atoms with E-state index in [1.54, 1.807) is 0 Å². The summed E-state index contributed by atoms with van der Waals surface area (Å²) in [6.45, 7) is 5.85. The minimum atomic E-state index is -0.580. The molecule has 1 heterocycles. The van der Waals surface area contributed by atoms with Crippen LogP contribution in [0.3, 0.4) is 0 Å². The molecule has 0 amide bonds. The van der Waals surface area contributed by atoms with Gasteiger partial charge in [0, 0.05) is 6.04 Å². The highest BCUT2D eigenvalue weighted by molar-refractivity contribution is 5.79. The van der Waals surface area contributed by atoms with Crippen molar-refractivity contribution in [2.75, 3.05) is 20.2 Å². The largest absolute Gasteiger partial charge is 0.468 e. The molecule has 0 aromatic rings. The number of methoxy groups -OCH3 is 1. The maximum Gasteiger partial charge on any atom is 0.325 e. The Bertz CT molecular complexity index is 209. The van der Waals surface area contributed by atoms with E-state index in [0.29, 0.717) is 6.04 Å². The normalized spacial score (nSPS) is 23.3. The van der Waals surface area contributed by atoms with Gasteiger partial charge in [0.2, 0.25) is 0 Å². The first-order chi connectivity index (χ1) is 7.06. The van der Waals surface area contributed by atoms with E-state index in [2.05, 4.69) is 10.6 Å². The van der Waals surface area contributed by atoms with Crippen LogP contribution < -0.4 is 10.6 Å². The van der Waals surface area contributed by atoms with E-state index in [0.717, 1.165) is 32.4 Å². The summed E-state index contributed by atoms with van der Waals surface area (Å²) in [6.07, 6.45) is 3.35. The van der Waals surface area contributed by atoms with E-state index in [-0.39, 0.29) is 5.97 Å². The summed E-state index contributed by atoms with van der Waals surface area (Å²) in [5, 5.41) is 6.72. The topological polar surface area (TPSA) is 50.4 Å². The molecule has 0 spiro atoms. The molecule has 0 aliphatic carbocycles. The first kappa shape index (κ1) is 12.5. The Hall–Kier alpha value is -0.610. The third-order valence-electron chi connectivity index (χ3n) is 2.84. The van der Waals surface area contributed by atoms with Crippen molar-refractivity contribution in [3.8, 4) is 0 Å². The van der Waals surface area contributed by atoms with E-state index in [1.807, 2.05) is 13.8 Å². The molecular formula is C11H22N2O2. The Morgan fingerprint density at radius 2 is 2.13 bits per heavy atom. The summed E-state index contributed by atoms with van der Waals surface area (Å²) in [7, 11) is 1.43. The fourth-order valence-corrected chi connectivity index (χ4v) is 1.99. The molecule has 0 saturated carbocycles. The van der Waals surface area contributed by atoms with Crippen LogP contribution in [0.25, 0.3) is 0 Å². The number of nitrogens with one attached hydrogen (secondary N) is 2. The van der Waals surface area contributed by atoms with Crippen LogP contribution in [0, 0.1) is 0 Å². The predicted octanol–water partition coefficient (Wildman–Crippen LogP) is 0.670. The molecule has 0 aromatic heterocycles. The van der Waals surface area contributed by atoms with Crippen molar-refractivity contribution in [1.29, 1.82) is 0 Å². The van der Waals surface area contributed by atoms with Gasteiger partial charge in [0.1, 0.15) is 5.54 Å². The van der Waals surface area contributed by atoms with Crippen LogP contribution in [0.15, 0.2) is 0 Å². The molecular weight excluding hydrogens is 192 g/mol. The van der Waals surface area contributed by atoms with Gasteiger partial charge in [0.05, 0.1) is 7.11 Å². The number of hydrogen-bond acceptors (Lipinski definition) is 4. The third-order valence-corrected chi connectivity index (χ3v) is 2.84. The van der Waals surface area contributed by atoms with E-state index < -0.39 is 5.54 Å². The van der Waals surface area contributed by atoms with Crippen LogP contribution in [0.1, 0.15) is 33.1 Å². The average molecular weight is 214 g/mol. The number of ether oxygens (including phenoxy) is 1. The van der Waals surface area contributed by atoms with E-state index >= 15 is 0 Å². The summed E-state index contributed by atoms with van der Waals surface area (Å²) in [4.78, 5) is 11.5. The van der Waals surface area contributed by atoms with Gasteiger partial charge in [0.25, 0.3) is 0 Å². The Kier molecular flexibility index (Phi) is 4.54. The van der Waals surface area contributed by atoms with Crippen molar-refractivity contribution in [3.05, 3.63) is 0 Å². The highest BCUT2D eigenvalue weighted by Gasteiger charge is 2.31. The van der Waals surface area contributed by atoms with Crippen molar-refractivity contribution in [1.82, 2.24) is 10.6 Å². The van der Waals surface area contributed by atoms with Crippen LogP contribution in [-0.2, 0) is 9.53 Å². The zero-order valence-electron chi connectivity index (χ0n) is 9.93. The van der Waals surface area contributed by atoms with Crippen molar-refractivity contribution >= 4 is 5.97 Å². The second kappa shape index (κ2) is 5.47. The number of hydrogen-bond donors (Lipinski definition) is 2. The van der Waals surface area contributed by atoms with Gasteiger partial charge in [-0.15, -0.1) is 0 Å². The lowest BCUT2D eigenvalue weighted by molar-refractivity contribution is -0.147. The molecule has 88 valence electrons. The molecule has 1 aliphatic rings. The van der Waals surface area contributed by atoms with E-state index in [1.165, 1.54) is 7.11 Å². The summed E-state index contributed by atoms with van der Waals surface area (Å²) < 4.78 is 4.77. The Balaban J connectivity index is 2.47. The Labute approximate surface area is 91.8 Å². The molecule has 1 saturated heterocycles. The second-order valence-corrected chi connectivity index (χ2v) is 4.64. The second-order valence-electron chi connectivity index (χ2n) is 4.64. The molecule has 0 radical (unpaired) electrons. The number of carbonyl (C=O) groups excluding carboxylic acids is 1. The van der Waals surface area contributed by atoms with Gasteiger partial charge in [-0.2, -0.15) is 0 Å². The predicted molar refractivity (Wildman–Crippen MR) is 59.7 cm³/mol. The molecule has 1 rings (SSSR count). The molecule has 1 atom stereocenters. The molecule has 4 nitrogen and oxygen atoms in total. The van der Waals surface area contributed by atoms with Crippen molar-refractivity contribution in [2.24, 2.45) is 0 Å². The first-order valence-corrected chi connectivity index (χ1v) is 5.63. The molecule has 0 aromatic carbocycles. The van der Waals surface area contributed by atoms with Gasteiger partial charge < -0.3 is 10.1 Å². The smallest absolute Gasteiger partial charge is 0.325 e. The van der Waals surface area contributed by atoms with Gasteiger partial charge >= 0.3 is 5.97 Å². The zero-order valence-corrected chi connectivity index (χ0v) is 9.93. The SMILES string of the molecule is COC(=O)C(C)(C)NC1CCCNCC1. The lowest BCUT2D eigenvalue weighted by Crippen LogP contribution is -2.52. The molecule has 1 unspecified atom stereocenters. The monoisotopic (exact) mass is 214 g/mol. The lowest BCUT2D eigenvalue weighted by Gasteiger charge is -2.28. The molecule has 1 fully saturated rings. The van der Waals surface area contributed by atoms with Crippen LogP contribution in [0.5, 0.6) is 0 Å². The van der Waals surface area contributed by atoms with Gasteiger partial charge in [-0.1, -0.05) is 0 Å². The van der Waals surface area contributed by atoms with Gasteiger partial charge in [-0.25, -0.2) is 0 Å². The molecule has 1 aliphatic heterocycles. The zero-order chi connectivity index (χ0) is 11.3. The highest BCUT2D eigenvalue weighted by atomic mass is 16.5. The third kappa shape index (κ3) is 3.80. The summed E-state index contributed by atoms with van der Waals surface area (Å²) in [5.74, 6) is -0.195. The van der Waals surface area contributed by atoms with Crippen LogP contribution in [0.2, 0.25) is 0 Å². The quantitative estimate of drug-likeness (QED) is 0.678. The summed E-state index contributed by atoms with van der Waals surface area (Å²) in [6, 6.07) is 0.411. The molecule has 15 heavy (non-hydrogen) atoms. The number of esters is 1. The molecule has 0 bridgehead atoms. The summed E-state index contributed by atoms with van der Waals surface area (Å²) in [5.41, 5.74) is -0.580. The van der Waals surface area contributed by atoms with Crippen LogP contribution >= 0.6 is 0 Å². The number of carbonyl (C=O) groups is 1. The van der Waals surface area contributed by atoms with Crippen molar-refractivity contribution < 1.29 is 9.53 Å². The fourth-order valence-electron chi connectivity index (χ4n) is 1.99. The Morgan fingerprint density at radius 3 is 2.80 bits per heavy atom.